The fourth-order valence-electron chi connectivity index (χ4n) is 2.60. The minimum atomic E-state index is 0.821. The lowest BCUT2D eigenvalue weighted by Crippen LogP contribution is -2.17. The van der Waals surface area contributed by atoms with E-state index in [0.29, 0.717) is 0 Å². The first-order valence-corrected chi connectivity index (χ1v) is 7.30. The van der Waals surface area contributed by atoms with Crippen molar-refractivity contribution < 1.29 is 0 Å². The van der Waals surface area contributed by atoms with Gasteiger partial charge in [0.25, 0.3) is 0 Å². The Kier molecular flexibility index (Phi) is 3.76. The topological polar surface area (TPSA) is 31.9 Å². The van der Waals surface area contributed by atoms with E-state index in [4.69, 9.17) is 4.98 Å². The van der Waals surface area contributed by atoms with Crippen LogP contribution < -0.4 is 0 Å². The van der Waals surface area contributed by atoms with Crippen molar-refractivity contribution in [1.29, 1.82) is 0 Å². The van der Waals surface area contributed by atoms with Gasteiger partial charge in [0.1, 0.15) is 5.82 Å². The van der Waals surface area contributed by atoms with Gasteiger partial charge in [0.2, 0.25) is 0 Å². The second-order valence-corrected chi connectivity index (χ2v) is 5.80. The first kappa shape index (κ1) is 13.8. The number of nitrogens with one attached hydrogen (secondary N) is 1. The molecule has 0 aliphatic heterocycles. The highest BCUT2D eigenvalue weighted by molar-refractivity contribution is 5.77. The van der Waals surface area contributed by atoms with Crippen LogP contribution in [0.1, 0.15) is 22.5 Å². The summed E-state index contributed by atoms with van der Waals surface area (Å²) in [5.41, 5.74) is 6.10. The van der Waals surface area contributed by atoms with Crippen molar-refractivity contribution >= 4 is 11.0 Å². The molecule has 0 amide bonds. The molecule has 0 saturated heterocycles. The lowest BCUT2D eigenvalue weighted by molar-refractivity contribution is 0.312. The van der Waals surface area contributed by atoms with E-state index < -0.39 is 0 Å². The van der Waals surface area contributed by atoms with Gasteiger partial charge in [-0.1, -0.05) is 30.3 Å². The van der Waals surface area contributed by atoms with Crippen LogP contribution in [0.15, 0.2) is 42.5 Å². The average Bonchev–Trinajstić information content (AvgIpc) is 2.81. The third-order valence-corrected chi connectivity index (χ3v) is 3.86. The zero-order chi connectivity index (χ0) is 14.8. The van der Waals surface area contributed by atoms with Crippen molar-refractivity contribution in [2.45, 2.75) is 26.9 Å². The average molecular weight is 279 g/mol. The summed E-state index contributed by atoms with van der Waals surface area (Å²) in [6.07, 6.45) is 0. The fraction of sp³-hybridized carbons (Fsp3) is 0.278. The third-order valence-electron chi connectivity index (χ3n) is 3.86. The molecule has 3 nitrogen and oxygen atoms in total. The molecule has 108 valence electrons. The Morgan fingerprint density at radius 2 is 1.71 bits per heavy atom. The molecule has 0 fully saturated rings. The van der Waals surface area contributed by atoms with Crippen LogP contribution in [0.25, 0.3) is 11.0 Å². The molecule has 3 heteroatoms. The van der Waals surface area contributed by atoms with E-state index in [2.05, 4.69) is 67.2 Å². The maximum atomic E-state index is 4.70. The summed E-state index contributed by atoms with van der Waals surface area (Å²) in [7, 11) is 2.12. The Morgan fingerprint density at radius 3 is 2.48 bits per heavy atom. The van der Waals surface area contributed by atoms with E-state index in [1.165, 1.54) is 16.7 Å². The Balaban J connectivity index is 1.75. The maximum Gasteiger partial charge on any atom is 0.121 e. The van der Waals surface area contributed by atoms with Gasteiger partial charge >= 0.3 is 0 Å². The predicted molar refractivity (Wildman–Crippen MR) is 87.2 cm³/mol. The number of aromatic amines is 1. The van der Waals surface area contributed by atoms with Crippen LogP contribution in [0.3, 0.4) is 0 Å². The number of hydrogen-bond acceptors (Lipinski definition) is 2. The van der Waals surface area contributed by atoms with Crippen molar-refractivity contribution in [2.24, 2.45) is 0 Å². The van der Waals surface area contributed by atoms with Crippen LogP contribution >= 0.6 is 0 Å². The normalized spacial score (nSPS) is 11.4. The van der Waals surface area contributed by atoms with E-state index in [-0.39, 0.29) is 0 Å². The Bertz CT molecular complexity index is 705. The summed E-state index contributed by atoms with van der Waals surface area (Å²) >= 11 is 0. The number of aromatic nitrogens is 2. The van der Waals surface area contributed by atoms with Gasteiger partial charge in [0.15, 0.2) is 0 Å². The molecule has 0 radical (unpaired) electrons. The minimum Gasteiger partial charge on any atom is -0.341 e. The fourth-order valence-corrected chi connectivity index (χ4v) is 2.60. The number of imidazole rings is 1. The van der Waals surface area contributed by atoms with Gasteiger partial charge in [0.05, 0.1) is 17.6 Å². The number of H-pyrrole nitrogens is 1. The Morgan fingerprint density at radius 1 is 1.00 bits per heavy atom. The highest BCUT2D eigenvalue weighted by Crippen LogP contribution is 2.18. The summed E-state index contributed by atoms with van der Waals surface area (Å²) in [6, 6.07) is 14.9. The summed E-state index contributed by atoms with van der Waals surface area (Å²) in [6.45, 7) is 6.01. The van der Waals surface area contributed by atoms with E-state index in [1.54, 1.807) is 0 Å². The predicted octanol–water partition coefficient (Wildman–Crippen LogP) is 3.81. The Hall–Kier alpha value is -2.13. The summed E-state index contributed by atoms with van der Waals surface area (Å²) in [5, 5.41) is 0. The van der Waals surface area contributed by atoms with Crippen molar-refractivity contribution in [2.75, 3.05) is 7.05 Å². The third kappa shape index (κ3) is 3.14. The highest BCUT2D eigenvalue weighted by atomic mass is 15.1. The van der Waals surface area contributed by atoms with Crippen LogP contribution in [-0.2, 0) is 13.1 Å². The zero-order valence-corrected chi connectivity index (χ0v) is 12.9. The van der Waals surface area contributed by atoms with Gasteiger partial charge in [0, 0.05) is 6.54 Å². The van der Waals surface area contributed by atoms with Crippen LogP contribution in [0, 0.1) is 13.8 Å². The van der Waals surface area contributed by atoms with Gasteiger partial charge in [-0.25, -0.2) is 4.98 Å². The first-order chi connectivity index (χ1) is 10.1. The molecule has 0 aliphatic rings. The van der Waals surface area contributed by atoms with Crippen LogP contribution in [0.2, 0.25) is 0 Å². The summed E-state index contributed by atoms with van der Waals surface area (Å²) < 4.78 is 0. The molecule has 1 heterocycles. The zero-order valence-electron chi connectivity index (χ0n) is 12.9. The molecule has 1 N–H and O–H groups in total. The summed E-state index contributed by atoms with van der Waals surface area (Å²) in [4.78, 5) is 10.4. The first-order valence-electron chi connectivity index (χ1n) is 7.30. The van der Waals surface area contributed by atoms with Gasteiger partial charge in [-0.3, -0.25) is 4.90 Å². The van der Waals surface area contributed by atoms with E-state index in [1.807, 2.05) is 6.07 Å². The molecular formula is C18H21N3. The number of benzene rings is 2. The SMILES string of the molecule is Cc1cc2nc(CN(C)Cc3ccccc3)[nH]c2cc1C. The van der Waals surface area contributed by atoms with Crippen molar-refractivity contribution in [3.8, 4) is 0 Å². The monoisotopic (exact) mass is 279 g/mol. The largest absolute Gasteiger partial charge is 0.341 e. The number of aryl methyl sites for hydroxylation is 2. The van der Waals surface area contributed by atoms with E-state index >= 15 is 0 Å². The summed E-state index contributed by atoms with van der Waals surface area (Å²) in [5.74, 6) is 1.02. The van der Waals surface area contributed by atoms with E-state index in [9.17, 15) is 0 Å². The Labute approximate surface area is 125 Å². The molecule has 0 bridgehead atoms. The molecule has 0 unspecified atom stereocenters. The van der Waals surface area contributed by atoms with Crippen LogP contribution in [0.4, 0.5) is 0 Å². The molecule has 0 atom stereocenters. The molecule has 21 heavy (non-hydrogen) atoms. The standard InChI is InChI=1S/C18H21N3/c1-13-9-16-17(10-14(13)2)20-18(19-16)12-21(3)11-15-7-5-4-6-8-15/h4-10H,11-12H2,1-3H3,(H,19,20). The molecule has 3 rings (SSSR count). The lowest BCUT2D eigenvalue weighted by Gasteiger charge is -2.14. The molecule has 2 aromatic carbocycles. The second kappa shape index (κ2) is 5.70. The molecule has 1 aromatic heterocycles. The van der Waals surface area contributed by atoms with Crippen molar-refractivity contribution in [1.82, 2.24) is 14.9 Å². The van der Waals surface area contributed by atoms with Crippen molar-refractivity contribution in [3.63, 3.8) is 0 Å². The lowest BCUT2D eigenvalue weighted by atomic mass is 10.1. The van der Waals surface area contributed by atoms with Crippen LogP contribution in [-0.4, -0.2) is 21.9 Å². The molecule has 3 aromatic rings. The van der Waals surface area contributed by atoms with Crippen molar-refractivity contribution in [3.05, 3.63) is 65.0 Å². The molecule has 0 spiro atoms. The van der Waals surface area contributed by atoms with Gasteiger partial charge in [-0.2, -0.15) is 0 Å². The van der Waals surface area contributed by atoms with Crippen LogP contribution in [0.5, 0.6) is 0 Å². The second-order valence-electron chi connectivity index (χ2n) is 5.80. The number of rotatable bonds is 4. The maximum absolute atomic E-state index is 4.70. The van der Waals surface area contributed by atoms with Gasteiger partial charge < -0.3 is 4.98 Å². The molecular weight excluding hydrogens is 258 g/mol. The minimum absolute atomic E-state index is 0.821. The molecule has 0 aliphatic carbocycles. The van der Waals surface area contributed by atoms with Gasteiger partial charge in [-0.05, 0) is 49.7 Å². The quantitative estimate of drug-likeness (QED) is 0.787. The highest BCUT2D eigenvalue weighted by Gasteiger charge is 2.07. The smallest absolute Gasteiger partial charge is 0.121 e. The van der Waals surface area contributed by atoms with Gasteiger partial charge in [-0.15, -0.1) is 0 Å². The number of hydrogen-bond donors (Lipinski definition) is 1. The van der Waals surface area contributed by atoms with E-state index in [0.717, 1.165) is 29.9 Å². The number of fused-ring (bicyclic) bond motifs is 1. The molecule has 0 saturated carbocycles. The number of nitrogens with zero attached hydrogens (tertiary/aromatic N) is 2.